The van der Waals surface area contributed by atoms with E-state index in [9.17, 15) is 0 Å². The van der Waals surface area contributed by atoms with E-state index in [1.165, 1.54) is 5.69 Å². The quantitative estimate of drug-likeness (QED) is 0.739. The molecule has 3 N–H and O–H groups in total. The first kappa shape index (κ1) is 12.0. The molecule has 0 spiro atoms. The van der Waals surface area contributed by atoms with Crippen molar-refractivity contribution in [2.24, 2.45) is 5.73 Å². The summed E-state index contributed by atoms with van der Waals surface area (Å²) < 4.78 is 0. The molecule has 1 unspecified atom stereocenters. The van der Waals surface area contributed by atoms with Crippen LogP contribution in [0.2, 0.25) is 0 Å². The zero-order valence-electron chi connectivity index (χ0n) is 9.26. The highest BCUT2D eigenvalue weighted by Crippen LogP contribution is 2.13. The fourth-order valence-electron chi connectivity index (χ4n) is 1.52. The summed E-state index contributed by atoms with van der Waals surface area (Å²) in [5.41, 5.74) is 6.89. The topological polar surface area (TPSA) is 49.5 Å². The molecule has 3 heteroatoms. The first-order valence-electron chi connectivity index (χ1n) is 5.44. The summed E-state index contributed by atoms with van der Waals surface area (Å²) in [7, 11) is 0. The Balaban J connectivity index is 2.50. The standard InChI is InChI=1S/C12H20N2O/c1-2-14(9-8-11(13)10-15)12-6-4-3-5-7-12/h3-7,11,15H,2,8-10,13H2,1H3. The van der Waals surface area contributed by atoms with Crippen molar-refractivity contribution in [2.75, 3.05) is 24.6 Å². The van der Waals surface area contributed by atoms with Crippen molar-refractivity contribution in [2.45, 2.75) is 19.4 Å². The molecule has 1 aromatic carbocycles. The summed E-state index contributed by atoms with van der Waals surface area (Å²) in [6.45, 7) is 4.04. The number of nitrogens with two attached hydrogens (primary N) is 1. The highest BCUT2D eigenvalue weighted by atomic mass is 16.3. The number of aliphatic hydroxyl groups is 1. The SMILES string of the molecule is CCN(CCC(N)CO)c1ccccc1. The van der Waals surface area contributed by atoms with E-state index >= 15 is 0 Å². The van der Waals surface area contributed by atoms with Crippen LogP contribution < -0.4 is 10.6 Å². The van der Waals surface area contributed by atoms with Gasteiger partial charge < -0.3 is 15.7 Å². The van der Waals surface area contributed by atoms with Crippen LogP contribution in [-0.4, -0.2) is 30.8 Å². The first-order valence-corrected chi connectivity index (χ1v) is 5.44. The average molecular weight is 208 g/mol. The number of nitrogens with zero attached hydrogens (tertiary/aromatic N) is 1. The molecule has 3 nitrogen and oxygen atoms in total. The third kappa shape index (κ3) is 3.90. The van der Waals surface area contributed by atoms with Gasteiger partial charge in [-0.1, -0.05) is 18.2 Å². The monoisotopic (exact) mass is 208 g/mol. The summed E-state index contributed by atoms with van der Waals surface area (Å²) >= 11 is 0. The van der Waals surface area contributed by atoms with Crippen molar-refractivity contribution >= 4 is 5.69 Å². The van der Waals surface area contributed by atoms with Gasteiger partial charge >= 0.3 is 0 Å². The molecule has 0 fully saturated rings. The third-order valence-electron chi connectivity index (χ3n) is 2.51. The fraction of sp³-hybridized carbons (Fsp3) is 0.500. The Morgan fingerprint density at radius 3 is 2.53 bits per heavy atom. The van der Waals surface area contributed by atoms with Gasteiger partial charge in [0.2, 0.25) is 0 Å². The van der Waals surface area contributed by atoms with Crippen LogP contribution in [0.25, 0.3) is 0 Å². The summed E-state index contributed by atoms with van der Waals surface area (Å²) in [6, 6.07) is 10.1. The minimum Gasteiger partial charge on any atom is -0.395 e. The van der Waals surface area contributed by atoms with Gasteiger partial charge in [-0.2, -0.15) is 0 Å². The van der Waals surface area contributed by atoms with Gasteiger partial charge in [0.1, 0.15) is 0 Å². The smallest absolute Gasteiger partial charge is 0.0583 e. The Morgan fingerprint density at radius 2 is 2.00 bits per heavy atom. The molecule has 0 heterocycles. The number of hydrogen-bond donors (Lipinski definition) is 2. The fourth-order valence-corrected chi connectivity index (χ4v) is 1.52. The van der Waals surface area contributed by atoms with Gasteiger partial charge in [-0.05, 0) is 25.5 Å². The molecule has 0 aliphatic rings. The van der Waals surface area contributed by atoms with Crippen LogP contribution in [0.4, 0.5) is 5.69 Å². The zero-order valence-corrected chi connectivity index (χ0v) is 9.26. The molecule has 84 valence electrons. The van der Waals surface area contributed by atoms with E-state index in [1.54, 1.807) is 0 Å². The molecule has 0 amide bonds. The number of benzene rings is 1. The molecule has 0 radical (unpaired) electrons. The van der Waals surface area contributed by atoms with E-state index in [4.69, 9.17) is 10.8 Å². The Hall–Kier alpha value is -1.06. The molecular formula is C12H20N2O. The second-order valence-electron chi connectivity index (χ2n) is 3.65. The van der Waals surface area contributed by atoms with Crippen LogP contribution >= 0.6 is 0 Å². The minimum atomic E-state index is -0.109. The molecular weight excluding hydrogens is 188 g/mol. The lowest BCUT2D eigenvalue weighted by atomic mass is 10.2. The lowest BCUT2D eigenvalue weighted by Crippen LogP contribution is -2.32. The lowest BCUT2D eigenvalue weighted by molar-refractivity contribution is 0.261. The van der Waals surface area contributed by atoms with Crippen LogP contribution in [-0.2, 0) is 0 Å². The van der Waals surface area contributed by atoms with Crippen molar-refractivity contribution in [3.8, 4) is 0 Å². The maximum Gasteiger partial charge on any atom is 0.0583 e. The number of para-hydroxylation sites is 1. The molecule has 0 saturated carbocycles. The van der Waals surface area contributed by atoms with Crippen molar-refractivity contribution < 1.29 is 5.11 Å². The van der Waals surface area contributed by atoms with Crippen LogP contribution in [0.3, 0.4) is 0 Å². The van der Waals surface area contributed by atoms with E-state index in [0.29, 0.717) is 0 Å². The van der Waals surface area contributed by atoms with E-state index in [0.717, 1.165) is 19.5 Å². The molecule has 0 aliphatic carbocycles. The highest BCUT2D eigenvalue weighted by Gasteiger charge is 2.06. The number of anilines is 1. The predicted molar refractivity (Wildman–Crippen MR) is 64.0 cm³/mol. The Morgan fingerprint density at radius 1 is 1.33 bits per heavy atom. The van der Waals surface area contributed by atoms with Crippen LogP contribution in [0.5, 0.6) is 0 Å². The summed E-state index contributed by atoms with van der Waals surface area (Å²) in [5.74, 6) is 0. The molecule has 1 aromatic rings. The van der Waals surface area contributed by atoms with E-state index < -0.39 is 0 Å². The first-order chi connectivity index (χ1) is 7.27. The van der Waals surface area contributed by atoms with Crippen molar-refractivity contribution in [1.82, 2.24) is 0 Å². The van der Waals surface area contributed by atoms with Crippen molar-refractivity contribution in [3.05, 3.63) is 30.3 Å². The normalized spacial score (nSPS) is 12.5. The minimum absolute atomic E-state index is 0.0618. The Kier molecular flexibility index (Phi) is 5.15. The van der Waals surface area contributed by atoms with Gasteiger partial charge in [0.15, 0.2) is 0 Å². The van der Waals surface area contributed by atoms with Crippen LogP contribution in [0.1, 0.15) is 13.3 Å². The van der Waals surface area contributed by atoms with Gasteiger partial charge in [-0.25, -0.2) is 0 Å². The third-order valence-corrected chi connectivity index (χ3v) is 2.51. The molecule has 0 bridgehead atoms. The zero-order chi connectivity index (χ0) is 11.1. The van der Waals surface area contributed by atoms with Gasteiger partial charge in [0, 0.05) is 24.8 Å². The summed E-state index contributed by atoms with van der Waals surface area (Å²) in [5, 5.41) is 8.85. The molecule has 1 atom stereocenters. The Labute approximate surface area is 91.5 Å². The maximum absolute atomic E-state index is 8.85. The molecule has 0 aliphatic heterocycles. The number of rotatable bonds is 6. The van der Waals surface area contributed by atoms with Gasteiger partial charge in [0.25, 0.3) is 0 Å². The lowest BCUT2D eigenvalue weighted by Gasteiger charge is -2.24. The van der Waals surface area contributed by atoms with Gasteiger partial charge in [-0.15, -0.1) is 0 Å². The summed E-state index contributed by atoms with van der Waals surface area (Å²) in [4.78, 5) is 2.26. The van der Waals surface area contributed by atoms with Crippen molar-refractivity contribution in [3.63, 3.8) is 0 Å². The molecule has 1 rings (SSSR count). The summed E-state index contributed by atoms with van der Waals surface area (Å²) in [6.07, 6.45) is 0.819. The largest absolute Gasteiger partial charge is 0.395 e. The van der Waals surface area contributed by atoms with E-state index in [-0.39, 0.29) is 12.6 Å². The maximum atomic E-state index is 8.85. The molecule has 0 saturated heterocycles. The van der Waals surface area contributed by atoms with E-state index in [2.05, 4.69) is 24.0 Å². The number of aliphatic hydroxyl groups excluding tert-OH is 1. The highest BCUT2D eigenvalue weighted by molar-refractivity contribution is 5.45. The van der Waals surface area contributed by atoms with Crippen LogP contribution in [0, 0.1) is 0 Å². The van der Waals surface area contributed by atoms with Gasteiger partial charge in [0.05, 0.1) is 6.61 Å². The number of hydrogen-bond acceptors (Lipinski definition) is 3. The molecule has 0 aromatic heterocycles. The van der Waals surface area contributed by atoms with E-state index in [1.807, 2.05) is 18.2 Å². The van der Waals surface area contributed by atoms with Crippen LogP contribution in [0.15, 0.2) is 30.3 Å². The van der Waals surface area contributed by atoms with Gasteiger partial charge in [-0.3, -0.25) is 0 Å². The van der Waals surface area contributed by atoms with Crippen molar-refractivity contribution in [1.29, 1.82) is 0 Å². The Bertz CT molecular complexity index is 264. The molecule has 15 heavy (non-hydrogen) atoms. The average Bonchev–Trinajstić information content (AvgIpc) is 2.31. The predicted octanol–water partition coefficient (Wildman–Crippen LogP) is 1.22. The second kappa shape index (κ2) is 6.43. The second-order valence-corrected chi connectivity index (χ2v) is 3.65.